The van der Waals surface area contributed by atoms with Crippen molar-refractivity contribution < 1.29 is 4.74 Å². The average molecular weight is 998 g/mol. The SMILES string of the molecule is CC(Cc1nc(Cl)cc2c1c(I)nn2C(c1ccccc1)(c1ccccc1)c1ccccc1)NCc1ccccc1.COc1ccc(CN2c3n[nH]c4cc(Cl)nc(c34)CC2C)cc1. The highest BCUT2D eigenvalue weighted by Gasteiger charge is 2.41. The number of pyridine rings is 2. The maximum atomic E-state index is 6.77. The van der Waals surface area contributed by atoms with Crippen LogP contribution in [0.2, 0.25) is 10.3 Å². The van der Waals surface area contributed by atoms with Crippen molar-refractivity contribution in [2.24, 2.45) is 0 Å². The Labute approximate surface area is 397 Å². The Balaban J connectivity index is 0.000000190. The molecule has 5 aromatic carbocycles. The lowest BCUT2D eigenvalue weighted by molar-refractivity contribution is 0.414. The van der Waals surface area contributed by atoms with E-state index in [1.807, 2.05) is 30.3 Å². The van der Waals surface area contributed by atoms with Crippen LogP contribution >= 0.6 is 45.8 Å². The van der Waals surface area contributed by atoms with Gasteiger partial charge in [-0.1, -0.05) is 157 Å². The third-order valence-electron chi connectivity index (χ3n) is 11.9. The summed E-state index contributed by atoms with van der Waals surface area (Å²) < 4.78 is 8.28. The summed E-state index contributed by atoms with van der Waals surface area (Å²) in [7, 11) is 1.68. The Morgan fingerprint density at radius 3 is 1.94 bits per heavy atom. The van der Waals surface area contributed by atoms with Crippen LogP contribution in [0.3, 0.4) is 0 Å². The first kappa shape index (κ1) is 43.5. The molecule has 10 rings (SSSR count). The zero-order valence-corrected chi connectivity index (χ0v) is 39.4. The number of halogens is 3. The van der Waals surface area contributed by atoms with Gasteiger partial charge in [0.1, 0.15) is 25.3 Å². The number of nitrogens with one attached hydrogen (secondary N) is 2. The van der Waals surface area contributed by atoms with Crippen LogP contribution in [0.15, 0.2) is 158 Å². The molecule has 2 N–H and O–H groups in total. The Bertz CT molecular complexity index is 2890. The molecule has 0 fully saturated rings. The monoisotopic (exact) mass is 996 g/mol. The number of methoxy groups -OCH3 is 1. The highest BCUT2D eigenvalue weighted by Crippen LogP contribution is 2.44. The number of anilines is 1. The Morgan fingerprint density at radius 2 is 1.34 bits per heavy atom. The Morgan fingerprint density at radius 1 is 0.766 bits per heavy atom. The number of aromatic nitrogens is 6. The molecule has 1 aliphatic heterocycles. The fourth-order valence-corrected chi connectivity index (χ4v) is 10.1. The minimum absolute atomic E-state index is 0.186. The van der Waals surface area contributed by atoms with Gasteiger partial charge in [0, 0.05) is 50.1 Å². The minimum atomic E-state index is -0.732. The van der Waals surface area contributed by atoms with E-state index >= 15 is 0 Å². The summed E-state index contributed by atoms with van der Waals surface area (Å²) in [6, 6.07) is 54.7. The van der Waals surface area contributed by atoms with Crippen LogP contribution in [-0.4, -0.2) is 49.1 Å². The van der Waals surface area contributed by atoms with Crippen LogP contribution in [-0.2, 0) is 31.5 Å². The molecule has 12 heteroatoms. The third kappa shape index (κ3) is 8.72. The molecule has 0 saturated carbocycles. The molecule has 2 atom stereocenters. The zero-order chi connectivity index (χ0) is 44.2. The zero-order valence-electron chi connectivity index (χ0n) is 35.7. The van der Waals surface area contributed by atoms with Gasteiger partial charge in [0.15, 0.2) is 5.82 Å². The van der Waals surface area contributed by atoms with E-state index in [-0.39, 0.29) is 6.04 Å². The lowest BCUT2D eigenvalue weighted by Gasteiger charge is -2.37. The number of rotatable bonds is 12. The van der Waals surface area contributed by atoms with E-state index in [9.17, 15) is 0 Å². The number of hydrogen-bond acceptors (Lipinski definition) is 7. The van der Waals surface area contributed by atoms with Crippen molar-refractivity contribution in [3.63, 3.8) is 0 Å². The Kier molecular flexibility index (Phi) is 13.0. The van der Waals surface area contributed by atoms with E-state index in [0.717, 1.165) is 91.1 Å². The molecule has 0 bridgehead atoms. The minimum Gasteiger partial charge on any atom is -0.497 e. The summed E-state index contributed by atoms with van der Waals surface area (Å²) >= 11 is 15.2. The molecule has 1 aliphatic rings. The summed E-state index contributed by atoms with van der Waals surface area (Å²) in [5, 5.41) is 19.6. The fourth-order valence-electron chi connectivity index (χ4n) is 8.88. The molecule has 0 saturated heterocycles. The molecule has 2 unspecified atom stereocenters. The maximum absolute atomic E-state index is 6.77. The first-order valence-corrected chi connectivity index (χ1v) is 23.2. The van der Waals surface area contributed by atoms with Crippen molar-refractivity contribution in [2.45, 2.75) is 57.4 Å². The van der Waals surface area contributed by atoms with E-state index in [0.29, 0.717) is 16.3 Å². The molecule has 5 heterocycles. The largest absolute Gasteiger partial charge is 0.497 e. The number of hydrogen-bond donors (Lipinski definition) is 2. The lowest BCUT2D eigenvalue weighted by Crippen LogP contribution is -2.38. The summed E-state index contributed by atoms with van der Waals surface area (Å²) in [5.74, 6) is 1.82. The molecule has 0 radical (unpaired) electrons. The summed E-state index contributed by atoms with van der Waals surface area (Å²) in [5.41, 5.74) is 8.96. The summed E-state index contributed by atoms with van der Waals surface area (Å²) in [4.78, 5) is 11.6. The van der Waals surface area contributed by atoms with Crippen LogP contribution < -0.4 is 15.0 Å². The molecule has 9 aromatic rings. The second kappa shape index (κ2) is 19.1. The van der Waals surface area contributed by atoms with Crippen molar-refractivity contribution >= 4 is 73.4 Å². The van der Waals surface area contributed by atoms with Gasteiger partial charge in [-0.3, -0.25) is 5.10 Å². The molecule has 322 valence electrons. The smallest absolute Gasteiger partial charge is 0.160 e. The first-order valence-electron chi connectivity index (χ1n) is 21.3. The van der Waals surface area contributed by atoms with Crippen LogP contribution in [0.5, 0.6) is 5.75 Å². The van der Waals surface area contributed by atoms with Gasteiger partial charge >= 0.3 is 0 Å². The number of aromatic amines is 1. The van der Waals surface area contributed by atoms with Gasteiger partial charge < -0.3 is 15.0 Å². The van der Waals surface area contributed by atoms with Crippen molar-refractivity contribution in [1.82, 2.24) is 35.3 Å². The quantitative estimate of drug-likeness (QED) is 0.0715. The van der Waals surface area contributed by atoms with Gasteiger partial charge in [0.05, 0.1) is 40.3 Å². The van der Waals surface area contributed by atoms with Gasteiger partial charge in [0.25, 0.3) is 0 Å². The van der Waals surface area contributed by atoms with Gasteiger partial charge in [-0.15, -0.1) is 0 Å². The predicted molar refractivity (Wildman–Crippen MR) is 268 cm³/mol. The standard InChI is InChI=1S/C35H30ClIN4.C17H17ClN4O/c1-25(38-24-26-14-6-2-7-15-26)22-30-33-31(23-32(36)39-30)41(40-34(33)37)35(27-16-8-3-9-17-27,28-18-10-4-11-19-28)29-20-12-5-13-21-29;1-10-7-13-16-14(8-15(18)19-13)20-21-17(16)22(10)9-11-3-5-12(23-2)6-4-11/h2-21,23,25,38H,22,24H2,1H3;3-6,8,10H,7,9H2,1-2H3,(H,20,21). The topological polar surface area (TPSA) is 96.8 Å². The predicted octanol–water partition coefficient (Wildman–Crippen LogP) is 11.8. The lowest BCUT2D eigenvalue weighted by atomic mass is 9.77. The third-order valence-corrected chi connectivity index (χ3v) is 13.1. The molecule has 64 heavy (non-hydrogen) atoms. The first-order chi connectivity index (χ1) is 31.2. The normalized spacial score (nSPS) is 14.0. The number of benzene rings is 5. The van der Waals surface area contributed by atoms with E-state index in [2.05, 4.69) is 194 Å². The van der Waals surface area contributed by atoms with E-state index in [1.165, 1.54) is 11.1 Å². The van der Waals surface area contributed by atoms with Gasteiger partial charge in [-0.05, 0) is 76.4 Å². The highest BCUT2D eigenvalue weighted by atomic mass is 127. The highest BCUT2D eigenvalue weighted by molar-refractivity contribution is 14.1. The van der Waals surface area contributed by atoms with Crippen LogP contribution in [0, 0.1) is 3.70 Å². The van der Waals surface area contributed by atoms with Gasteiger partial charge in [-0.2, -0.15) is 10.2 Å². The molecular formula is C52H47Cl2IN8O. The fraction of sp³-hybridized carbons (Fsp3) is 0.192. The second-order valence-electron chi connectivity index (χ2n) is 16.2. The Hall–Kier alpha value is -5.79. The van der Waals surface area contributed by atoms with E-state index in [4.69, 9.17) is 38.0 Å². The number of ether oxygens (including phenoxy) is 1. The van der Waals surface area contributed by atoms with E-state index in [1.54, 1.807) is 7.11 Å². The van der Waals surface area contributed by atoms with Crippen molar-refractivity contribution in [1.29, 1.82) is 0 Å². The summed E-state index contributed by atoms with van der Waals surface area (Å²) in [6.45, 7) is 5.97. The van der Waals surface area contributed by atoms with E-state index < -0.39 is 5.54 Å². The molecule has 9 nitrogen and oxygen atoms in total. The maximum Gasteiger partial charge on any atom is 0.160 e. The number of fused-ring (bicyclic) bond motifs is 1. The van der Waals surface area contributed by atoms with Crippen molar-refractivity contribution in [3.8, 4) is 5.75 Å². The van der Waals surface area contributed by atoms with Crippen LogP contribution in [0.25, 0.3) is 21.8 Å². The van der Waals surface area contributed by atoms with Crippen LogP contribution in [0.4, 0.5) is 5.82 Å². The number of H-pyrrole nitrogens is 1. The molecule has 0 amide bonds. The van der Waals surface area contributed by atoms with Crippen molar-refractivity contribution in [2.75, 3.05) is 12.0 Å². The molecular weight excluding hydrogens is 950 g/mol. The second-order valence-corrected chi connectivity index (χ2v) is 18.0. The van der Waals surface area contributed by atoms with Crippen molar-refractivity contribution in [3.05, 3.63) is 211 Å². The number of nitrogens with zero attached hydrogens (tertiary/aromatic N) is 6. The molecule has 0 aliphatic carbocycles. The molecule has 0 spiro atoms. The van der Waals surface area contributed by atoms with Gasteiger partial charge in [-0.25, -0.2) is 14.6 Å². The van der Waals surface area contributed by atoms with Crippen LogP contribution in [0.1, 0.15) is 53.1 Å². The molecule has 4 aromatic heterocycles. The average Bonchev–Trinajstić information content (AvgIpc) is 3.90. The summed E-state index contributed by atoms with van der Waals surface area (Å²) in [6.07, 6.45) is 1.58. The van der Waals surface area contributed by atoms with Gasteiger partial charge in [0.2, 0.25) is 0 Å².